The maximum absolute atomic E-state index is 10.4. The van der Waals surface area contributed by atoms with Crippen LogP contribution < -0.4 is 0 Å². The molecule has 48 heavy (non-hydrogen) atoms. The lowest BCUT2D eigenvalue weighted by Gasteiger charge is -2.15. The van der Waals surface area contributed by atoms with E-state index in [0.717, 1.165) is 55.4 Å². The molecule has 9 aromatic rings. The van der Waals surface area contributed by atoms with Crippen molar-refractivity contribution >= 4 is 43.6 Å². The van der Waals surface area contributed by atoms with E-state index in [4.69, 9.17) is 0 Å². The molecule has 0 bridgehead atoms. The highest BCUT2D eigenvalue weighted by molar-refractivity contribution is 6.12. The first-order chi connectivity index (χ1) is 23.7. The molecule has 0 fully saturated rings. The molecule has 222 valence electrons. The van der Waals surface area contributed by atoms with Gasteiger partial charge in [-0.3, -0.25) is 0 Å². The second kappa shape index (κ2) is 10.9. The van der Waals surface area contributed by atoms with Crippen molar-refractivity contribution in [1.29, 1.82) is 10.5 Å². The van der Waals surface area contributed by atoms with Crippen molar-refractivity contribution in [2.45, 2.75) is 0 Å². The van der Waals surface area contributed by atoms with Crippen LogP contribution in [0.15, 0.2) is 158 Å². The number of nitrogens with zero attached hydrogens (tertiary/aromatic N) is 4. The van der Waals surface area contributed by atoms with Crippen LogP contribution in [0, 0.1) is 22.7 Å². The van der Waals surface area contributed by atoms with Gasteiger partial charge >= 0.3 is 0 Å². The third-order valence-corrected chi connectivity index (χ3v) is 9.43. The SMILES string of the molecule is N#Cc1cc(-n2c3ccccc3c3c(C#N)cccc32)ccc1-c1ccc(-c2ccccc2-n2c3ccccc3c3ccccc32)cc1. The molecule has 0 atom stereocenters. The van der Waals surface area contributed by atoms with Gasteiger partial charge in [0.25, 0.3) is 0 Å². The number of benzene rings is 7. The topological polar surface area (TPSA) is 57.4 Å². The van der Waals surface area contributed by atoms with E-state index in [1.54, 1.807) is 0 Å². The van der Waals surface area contributed by atoms with Gasteiger partial charge in [-0.25, -0.2) is 0 Å². The molecule has 4 heteroatoms. The fourth-order valence-electron chi connectivity index (χ4n) is 7.33. The monoisotopic (exact) mass is 610 g/mol. The lowest BCUT2D eigenvalue weighted by molar-refractivity contribution is 1.18. The zero-order chi connectivity index (χ0) is 32.2. The predicted molar refractivity (Wildman–Crippen MR) is 195 cm³/mol. The third-order valence-electron chi connectivity index (χ3n) is 9.43. The van der Waals surface area contributed by atoms with Gasteiger partial charge in [-0.2, -0.15) is 10.5 Å². The quantitative estimate of drug-likeness (QED) is 0.199. The molecular formula is C44H26N4. The molecule has 7 aromatic carbocycles. The number of nitriles is 2. The van der Waals surface area contributed by atoms with Crippen LogP contribution in [0.25, 0.3) is 77.2 Å². The zero-order valence-corrected chi connectivity index (χ0v) is 25.8. The van der Waals surface area contributed by atoms with E-state index >= 15 is 0 Å². The molecule has 2 aromatic heterocycles. The van der Waals surface area contributed by atoms with E-state index in [0.29, 0.717) is 11.1 Å². The Bertz CT molecular complexity index is 2750. The van der Waals surface area contributed by atoms with Crippen molar-refractivity contribution in [2.24, 2.45) is 0 Å². The highest BCUT2D eigenvalue weighted by Gasteiger charge is 2.18. The van der Waals surface area contributed by atoms with E-state index in [-0.39, 0.29) is 0 Å². The van der Waals surface area contributed by atoms with E-state index in [1.165, 1.54) is 21.8 Å². The number of aromatic nitrogens is 2. The molecule has 2 heterocycles. The second-order valence-electron chi connectivity index (χ2n) is 12.0. The summed E-state index contributed by atoms with van der Waals surface area (Å²) in [6.07, 6.45) is 0. The van der Waals surface area contributed by atoms with Crippen molar-refractivity contribution < 1.29 is 0 Å². The fourth-order valence-corrected chi connectivity index (χ4v) is 7.33. The number of rotatable bonds is 4. The molecule has 4 nitrogen and oxygen atoms in total. The summed E-state index contributed by atoms with van der Waals surface area (Å²) in [6.45, 7) is 0. The van der Waals surface area contributed by atoms with Gasteiger partial charge in [-0.15, -0.1) is 0 Å². The van der Waals surface area contributed by atoms with Gasteiger partial charge in [0.15, 0.2) is 0 Å². The first-order valence-electron chi connectivity index (χ1n) is 15.9. The number of hydrogen-bond donors (Lipinski definition) is 0. The molecule has 0 aliphatic heterocycles. The molecule has 0 saturated heterocycles. The molecule has 0 spiro atoms. The number of fused-ring (bicyclic) bond motifs is 6. The Balaban J connectivity index is 1.14. The molecule has 0 saturated carbocycles. The summed E-state index contributed by atoms with van der Waals surface area (Å²) < 4.78 is 4.50. The first kappa shape index (κ1) is 27.4. The van der Waals surface area contributed by atoms with Crippen LogP contribution in [0.2, 0.25) is 0 Å². The average molecular weight is 611 g/mol. The maximum atomic E-state index is 10.4. The van der Waals surface area contributed by atoms with Gasteiger partial charge in [0.1, 0.15) is 0 Å². The summed E-state index contributed by atoms with van der Waals surface area (Å²) in [5, 5.41) is 24.6. The average Bonchev–Trinajstić information content (AvgIpc) is 3.68. The largest absolute Gasteiger partial charge is 0.309 e. The highest BCUT2D eigenvalue weighted by Crippen LogP contribution is 2.38. The minimum absolute atomic E-state index is 0.591. The van der Waals surface area contributed by atoms with Crippen LogP contribution in [0.4, 0.5) is 0 Å². The van der Waals surface area contributed by atoms with Crippen LogP contribution in [0.5, 0.6) is 0 Å². The fraction of sp³-hybridized carbons (Fsp3) is 0. The van der Waals surface area contributed by atoms with Crippen molar-refractivity contribution in [3.05, 3.63) is 169 Å². The van der Waals surface area contributed by atoms with E-state index in [2.05, 4.69) is 137 Å². The zero-order valence-electron chi connectivity index (χ0n) is 25.8. The summed E-state index contributed by atoms with van der Waals surface area (Å²) in [6, 6.07) is 58.9. The summed E-state index contributed by atoms with van der Waals surface area (Å²) in [4.78, 5) is 0. The van der Waals surface area contributed by atoms with Crippen LogP contribution in [-0.2, 0) is 0 Å². The van der Waals surface area contributed by atoms with Crippen molar-refractivity contribution in [3.8, 4) is 45.8 Å². The van der Waals surface area contributed by atoms with Crippen molar-refractivity contribution in [1.82, 2.24) is 9.13 Å². The molecule has 0 amide bonds. The van der Waals surface area contributed by atoms with Crippen molar-refractivity contribution in [3.63, 3.8) is 0 Å². The van der Waals surface area contributed by atoms with Crippen LogP contribution in [-0.4, -0.2) is 9.13 Å². The Morgan fingerprint density at radius 2 is 0.938 bits per heavy atom. The normalized spacial score (nSPS) is 11.3. The Morgan fingerprint density at radius 1 is 0.396 bits per heavy atom. The maximum Gasteiger partial charge on any atom is 0.0998 e. The highest BCUT2D eigenvalue weighted by atomic mass is 15.0. The Hall–Kier alpha value is -6.88. The van der Waals surface area contributed by atoms with E-state index in [1.807, 2.05) is 42.5 Å². The Kier molecular flexibility index (Phi) is 6.22. The Morgan fingerprint density at radius 3 is 1.60 bits per heavy atom. The molecule has 0 N–H and O–H groups in total. The molecule has 0 unspecified atom stereocenters. The van der Waals surface area contributed by atoms with Gasteiger partial charge in [0.05, 0.1) is 51.0 Å². The summed E-state index contributed by atoms with van der Waals surface area (Å²) >= 11 is 0. The summed E-state index contributed by atoms with van der Waals surface area (Å²) in [5.41, 5.74) is 11.6. The lowest BCUT2D eigenvalue weighted by Crippen LogP contribution is -1.97. The molecule has 0 aliphatic rings. The van der Waals surface area contributed by atoms with Gasteiger partial charge in [0.2, 0.25) is 0 Å². The first-order valence-corrected chi connectivity index (χ1v) is 15.9. The van der Waals surface area contributed by atoms with E-state index < -0.39 is 0 Å². The number of hydrogen-bond acceptors (Lipinski definition) is 2. The predicted octanol–water partition coefficient (Wildman–Crippen LogP) is 11.0. The minimum atomic E-state index is 0.591. The van der Waals surface area contributed by atoms with Crippen LogP contribution in [0.1, 0.15) is 11.1 Å². The smallest absolute Gasteiger partial charge is 0.0998 e. The molecule has 0 radical (unpaired) electrons. The van der Waals surface area contributed by atoms with Gasteiger partial charge in [-0.05, 0) is 65.2 Å². The van der Waals surface area contributed by atoms with Crippen LogP contribution >= 0.6 is 0 Å². The van der Waals surface area contributed by atoms with Crippen LogP contribution in [0.3, 0.4) is 0 Å². The summed E-state index contributed by atoms with van der Waals surface area (Å²) in [7, 11) is 0. The molecule has 0 aliphatic carbocycles. The third kappa shape index (κ3) is 4.07. The van der Waals surface area contributed by atoms with Crippen molar-refractivity contribution in [2.75, 3.05) is 0 Å². The Labute approximate surface area is 277 Å². The van der Waals surface area contributed by atoms with Gasteiger partial charge in [0, 0.05) is 32.8 Å². The van der Waals surface area contributed by atoms with Gasteiger partial charge in [-0.1, -0.05) is 109 Å². The second-order valence-corrected chi connectivity index (χ2v) is 12.0. The standard InChI is InChI=1S/C44H26N4/c45-27-31-10-9-19-43-44(31)38-14-4-8-18-42(38)47(43)33-24-25-34(32(26-33)28-46)29-20-22-30(23-21-29)35-11-1-5-15-39(35)48-40-16-6-2-12-36(40)37-13-3-7-17-41(37)48/h1-26H. The molecular weight excluding hydrogens is 585 g/mol. The van der Waals surface area contributed by atoms with E-state index in [9.17, 15) is 10.5 Å². The lowest BCUT2D eigenvalue weighted by atomic mass is 9.96. The number of para-hydroxylation sites is 4. The van der Waals surface area contributed by atoms with Gasteiger partial charge < -0.3 is 9.13 Å². The minimum Gasteiger partial charge on any atom is -0.309 e. The summed E-state index contributed by atoms with van der Waals surface area (Å²) in [5.74, 6) is 0. The molecule has 9 rings (SSSR count).